The van der Waals surface area contributed by atoms with Crippen molar-refractivity contribution in [1.29, 1.82) is 0 Å². The molecule has 0 bridgehead atoms. The maximum Gasteiger partial charge on any atom is 0.434 e. The van der Waals surface area contributed by atoms with Gasteiger partial charge in [0.15, 0.2) is 5.69 Å². The zero-order valence-corrected chi connectivity index (χ0v) is 18.2. The summed E-state index contributed by atoms with van der Waals surface area (Å²) in [7, 11) is 0. The Morgan fingerprint density at radius 3 is 2.68 bits per heavy atom. The van der Waals surface area contributed by atoms with Crippen LogP contribution < -0.4 is 16.0 Å². The smallest absolute Gasteiger partial charge is 0.388 e. The fraction of sp³-hybridized carbons (Fsp3) is 0.500. The van der Waals surface area contributed by atoms with Gasteiger partial charge in [0.1, 0.15) is 24.1 Å². The molecule has 4 rings (SSSR count). The van der Waals surface area contributed by atoms with E-state index in [2.05, 4.69) is 25.9 Å². The largest absolute Gasteiger partial charge is 0.434 e. The predicted octanol–water partition coefficient (Wildman–Crippen LogP) is 0.515. The van der Waals surface area contributed by atoms with E-state index >= 15 is 0 Å². The Balaban J connectivity index is 1.32. The number of rotatable bonds is 5. The van der Waals surface area contributed by atoms with Gasteiger partial charge in [-0.25, -0.2) is 4.98 Å². The Kier molecular flexibility index (Phi) is 7.31. The maximum absolute atomic E-state index is 12.8. The summed E-state index contributed by atoms with van der Waals surface area (Å²) in [6.45, 7) is 1.57. The number of amides is 1. The number of nitrogens with one attached hydrogen (secondary N) is 3. The van der Waals surface area contributed by atoms with Gasteiger partial charge in [0, 0.05) is 12.1 Å². The summed E-state index contributed by atoms with van der Waals surface area (Å²) in [5.41, 5.74) is 1.64. The van der Waals surface area contributed by atoms with Gasteiger partial charge >= 0.3 is 6.18 Å². The molecule has 184 valence electrons. The zero-order chi connectivity index (χ0) is 24.3. The van der Waals surface area contributed by atoms with Crippen LogP contribution in [0.15, 0.2) is 30.6 Å². The van der Waals surface area contributed by atoms with Gasteiger partial charge in [0.05, 0.1) is 25.0 Å². The number of aromatic nitrogens is 2. The molecule has 0 saturated carbocycles. The lowest BCUT2D eigenvalue weighted by Gasteiger charge is -2.38. The van der Waals surface area contributed by atoms with Crippen LogP contribution >= 0.6 is 0 Å². The van der Waals surface area contributed by atoms with E-state index in [-0.39, 0.29) is 24.9 Å². The number of nitrogens with zero attached hydrogens (tertiary/aromatic N) is 2. The summed E-state index contributed by atoms with van der Waals surface area (Å²) in [6, 6.07) is 4.64. The lowest BCUT2D eigenvalue weighted by Crippen LogP contribution is -2.58. The monoisotopic (exact) mass is 481 g/mol. The molecule has 4 atom stereocenters. The predicted molar refractivity (Wildman–Crippen MR) is 115 cm³/mol. The number of fused-ring (bicyclic) bond motifs is 1. The molecule has 5 N–H and O–H groups in total. The van der Waals surface area contributed by atoms with Gasteiger partial charge in [-0.2, -0.15) is 13.2 Å². The van der Waals surface area contributed by atoms with Crippen LogP contribution in [0, 0.1) is 0 Å². The van der Waals surface area contributed by atoms with Crippen molar-refractivity contribution in [3.8, 4) is 0 Å². The molecule has 0 unspecified atom stereocenters. The number of hydrogen-bond acceptors (Lipinski definition) is 8. The molecule has 1 aromatic heterocycles. The second-order valence-electron chi connectivity index (χ2n) is 8.33. The number of ether oxygens (including phenoxy) is 1. The van der Waals surface area contributed by atoms with Gasteiger partial charge in [0.2, 0.25) is 0 Å². The highest BCUT2D eigenvalue weighted by molar-refractivity contribution is 5.94. The van der Waals surface area contributed by atoms with Crippen molar-refractivity contribution in [1.82, 2.24) is 20.6 Å². The molecule has 12 heteroatoms. The number of hydrogen-bond donors (Lipinski definition) is 5. The lowest BCUT2D eigenvalue weighted by atomic mass is 9.97. The Bertz CT molecular complexity index is 1020. The van der Waals surface area contributed by atoms with Crippen molar-refractivity contribution < 1.29 is 32.9 Å². The summed E-state index contributed by atoms with van der Waals surface area (Å²) >= 11 is 0. The third-order valence-electron chi connectivity index (χ3n) is 5.97. The van der Waals surface area contributed by atoms with Gasteiger partial charge in [-0.1, -0.05) is 6.07 Å². The molecule has 0 radical (unpaired) electrons. The van der Waals surface area contributed by atoms with Crippen LogP contribution in [0.4, 0.5) is 19.0 Å². The van der Waals surface area contributed by atoms with Crippen LogP contribution in [-0.4, -0.2) is 76.7 Å². The zero-order valence-electron chi connectivity index (χ0n) is 18.2. The Labute approximate surface area is 193 Å². The average molecular weight is 481 g/mol. The fourth-order valence-electron chi connectivity index (χ4n) is 4.06. The van der Waals surface area contributed by atoms with Crippen molar-refractivity contribution in [2.24, 2.45) is 0 Å². The molecule has 2 aromatic rings. The van der Waals surface area contributed by atoms with E-state index in [9.17, 15) is 28.2 Å². The van der Waals surface area contributed by atoms with E-state index < -0.39 is 36.2 Å². The standard InChI is InChI=1S/C22H26F3N5O4/c23-22(24,25)17-9-27-10-18(30-17)29-15-11-34-16(20(32)19(15)31)8-28-21(33)14-2-1-12-3-5-26-6-4-13(12)7-14/h1-2,7,9-10,15-16,19-20,26,31-32H,3-6,8,11H2,(H,28,33)(H,29,30)/t15-,16+,19+,20-/m0/s1. The minimum Gasteiger partial charge on any atom is -0.388 e. The highest BCUT2D eigenvalue weighted by atomic mass is 19.4. The lowest BCUT2D eigenvalue weighted by molar-refractivity contribution is -0.141. The molecule has 34 heavy (non-hydrogen) atoms. The summed E-state index contributed by atoms with van der Waals surface area (Å²) in [5, 5.41) is 29.6. The van der Waals surface area contributed by atoms with Gasteiger partial charge in [-0.15, -0.1) is 0 Å². The van der Waals surface area contributed by atoms with Crippen LogP contribution in [0.1, 0.15) is 27.2 Å². The van der Waals surface area contributed by atoms with E-state index in [1.807, 2.05) is 12.1 Å². The third kappa shape index (κ3) is 5.63. The molecule has 1 saturated heterocycles. The van der Waals surface area contributed by atoms with Crippen LogP contribution in [0.2, 0.25) is 0 Å². The van der Waals surface area contributed by atoms with Crippen LogP contribution in [0.5, 0.6) is 0 Å². The molecule has 0 aliphatic carbocycles. The summed E-state index contributed by atoms with van der Waals surface area (Å²) < 4.78 is 44.1. The number of carbonyl (C=O) groups is 1. The first-order valence-corrected chi connectivity index (χ1v) is 11.0. The van der Waals surface area contributed by atoms with Crippen molar-refractivity contribution in [2.45, 2.75) is 43.4 Å². The minimum absolute atomic E-state index is 0.0498. The molecule has 1 fully saturated rings. The van der Waals surface area contributed by atoms with Gasteiger partial charge in [-0.05, 0) is 49.2 Å². The first-order chi connectivity index (χ1) is 16.2. The van der Waals surface area contributed by atoms with Crippen molar-refractivity contribution in [3.05, 3.63) is 53.0 Å². The Hall–Kier alpha value is -2.80. The molecule has 2 aliphatic heterocycles. The number of halogens is 3. The molecule has 1 amide bonds. The van der Waals surface area contributed by atoms with Gasteiger partial charge in [-0.3, -0.25) is 9.78 Å². The molecule has 9 nitrogen and oxygen atoms in total. The number of aliphatic hydroxyl groups is 2. The maximum atomic E-state index is 12.8. The SMILES string of the molecule is O=C(NC[C@H]1OC[C@H](Nc2cncc(C(F)(F)F)n2)[C@@H](O)[C@H]1O)c1ccc2c(c1)CCNCC2. The number of anilines is 1. The number of carbonyl (C=O) groups excluding carboxylic acids is 1. The molecular weight excluding hydrogens is 455 g/mol. The summed E-state index contributed by atoms with van der Waals surface area (Å²) in [4.78, 5) is 19.6. The summed E-state index contributed by atoms with van der Waals surface area (Å²) in [6.07, 6.45) is -4.91. The second kappa shape index (κ2) is 10.2. The third-order valence-corrected chi connectivity index (χ3v) is 5.97. The minimum atomic E-state index is -4.66. The van der Waals surface area contributed by atoms with E-state index in [4.69, 9.17) is 4.74 Å². The second-order valence-corrected chi connectivity index (χ2v) is 8.33. The van der Waals surface area contributed by atoms with Crippen molar-refractivity contribution >= 4 is 11.7 Å². The highest BCUT2D eigenvalue weighted by Crippen LogP contribution is 2.28. The van der Waals surface area contributed by atoms with E-state index in [0.29, 0.717) is 11.8 Å². The number of alkyl halides is 3. The first kappa shape index (κ1) is 24.3. The van der Waals surface area contributed by atoms with E-state index in [1.54, 1.807) is 6.07 Å². The number of benzene rings is 1. The number of aliphatic hydroxyl groups excluding tert-OH is 2. The molecule has 3 heterocycles. The van der Waals surface area contributed by atoms with Gasteiger partial charge < -0.3 is 30.9 Å². The fourth-order valence-corrected chi connectivity index (χ4v) is 4.06. The van der Waals surface area contributed by atoms with E-state index in [1.165, 1.54) is 5.56 Å². The molecule has 0 spiro atoms. The average Bonchev–Trinajstić information content (AvgIpc) is 3.06. The Morgan fingerprint density at radius 2 is 1.91 bits per heavy atom. The van der Waals surface area contributed by atoms with Crippen molar-refractivity contribution in [2.75, 3.05) is 31.6 Å². The highest BCUT2D eigenvalue weighted by Gasteiger charge is 2.39. The molecular formula is C22H26F3N5O4. The summed E-state index contributed by atoms with van der Waals surface area (Å²) in [5.74, 6) is -0.537. The first-order valence-electron chi connectivity index (χ1n) is 11.0. The molecule has 2 aliphatic rings. The van der Waals surface area contributed by atoms with E-state index in [0.717, 1.165) is 37.7 Å². The van der Waals surface area contributed by atoms with Gasteiger partial charge in [0.25, 0.3) is 5.91 Å². The quantitative estimate of drug-likeness (QED) is 0.418. The topological polar surface area (TPSA) is 129 Å². The van der Waals surface area contributed by atoms with Crippen LogP contribution in [0.3, 0.4) is 0 Å². The normalized spacial score (nSPS) is 25.2. The Morgan fingerprint density at radius 1 is 1.15 bits per heavy atom. The van der Waals surface area contributed by atoms with Crippen LogP contribution in [0.25, 0.3) is 0 Å². The van der Waals surface area contributed by atoms with Crippen LogP contribution in [-0.2, 0) is 23.8 Å². The molecule has 1 aromatic carbocycles. The van der Waals surface area contributed by atoms with Crippen molar-refractivity contribution in [3.63, 3.8) is 0 Å².